The highest BCUT2D eigenvalue weighted by Gasteiger charge is 2.18. The first-order chi connectivity index (χ1) is 17.4. The number of ether oxygens (including phenoxy) is 2. The van der Waals surface area contributed by atoms with Crippen LogP contribution in [0.25, 0.3) is 10.9 Å². The van der Waals surface area contributed by atoms with Crippen molar-refractivity contribution >= 4 is 22.6 Å². The zero-order valence-electron chi connectivity index (χ0n) is 20.4. The summed E-state index contributed by atoms with van der Waals surface area (Å²) in [6.07, 6.45) is 0.482. The van der Waals surface area contributed by atoms with E-state index in [1.54, 1.807) is 38.5 Å². The summed E-state index contributed by atoms with van der Waals surface area (Å²) in [7, 11) is 3.12. The second kappa shape index (κ2) is 10.9. The van der Waals surface area contributed by atoms with E-state index in [9.17, 15) is 14.0 Å². The van der Waals surface area contributed by atoms with Gasteiger partial charge in [-0.2, -0.15) is 0 Å². The highest BCUT2D eigenvalue weighted by molar-refractivity contribution is 5.89. The zero-order valence-corrected chi connectivity index (χ0v) is 20.4. The van der Waals surface area contributed by atoms with Crippen molar-refractivity contribution in [3.05, 3.63) is 99.6 Å². The van der Waals surface area contributed by atoms with Crippen molar-refractivity contribution < 1.29 is 18.7 Å². The molecule has 0 aliphatic rings. The molecule has 0 fully saturated rings. The second-order valence-electron chi connectivity index (χ2n) is 8.49. The van der Waals surface area contributed by atoms with Crippen LogP contribution in [0, 0.1) is 12.7 Å². The molecule has 4 rings (SSSR count). The van der Waals surface area contributed by atoms with Gasteiger partial charge in [0.05, 0.1) is 26.5 Å². The molecular formula is C28H28FN3O4. The molecular weight excluding hydrogens is 461 g/mol. The van der Waals surface area contributed by atoms with E-state index < -0.39 is 11.8 Å². The van der Waals surface area contributed by atoms with E-state index in [0.717, 1.165) is 22.0 Å². The molecule has 0 atom stereocenters. The van der Waals surface area contributed by atoms with Gasteiger partial charge in [0.2, 0.25) is 0 Å². The Bertz CT molecular complexity index is 1450. The summed E-state index contributed by atoms with van der Waals surface area (Å²) in [5, 5.41) is 3.50. The Balaban J connectivity index is 1.62. The summed E-state index contributed by atoms with van der Waals surface area (Å²) in [6.45, 7) is 2.30. The van der Waals surface area contributed by atoms with Crippen molar-refractivity contribution in [1.29, 1.82) is 0 Å². The third-order valence-electron chi connectivity index (χ3n) is 5.96. The number of nitrogens with one attached hydrogen (secondary N) is 2. The number of benzene rings is 3. The predicted molar refractivity (Wildman–Crippen MR) is 138 cm³/mol. The molecule has 7 nitrogen and oxygen atoms in total. The molecule has 0 unspecified atom stereocenters. The number of nitrogens with zero attached hydrogens (tertiary/aromatic N) is 1. The Hall–Kier alpha value is -4.33. The maximum absolute atomic E-state index is 14.2. The summed E-state index contributed by atoms with van der Waals surface area (Å²) in [5.41, 5.74) is 2.93. The van der Waals surface area contributed by atoms with Gasteiger partial charge in [-0.15, -0.1) is 0 Å². The van der Waals surface area contributed by atoms with Crippen LogP contribution in [0.15, 0.2) is 71.5 Å². The molecule has 2 amide bonds. The Morgan fingerprint density at radius 2 is 1.78 bits per heavy atom. The number of anilines is 1. The van der Waals surface area contributed by atoms with Gasteiger partial charge in [0.15, 0.2) is 11.5 Å². The van der Waals surface area contributed by atoms with Gasteiger partial charge in [-0.05, 0) is 66.8 Å². The SMILES string of the molecule is COc1ccc(CCN(Cc2cc3cc(C)ccc3[nH]c2=O)C(=O)Nc2ccccc2F)cc1OC. The number of aromatic amines is 1. The van der Waals surface area contributed by atoms with Crippen molar-refractivity contribution in [3.8, 4) is 11.5 Å². The van der Waals surface area contributed by atoms with Gasteiger partial charge in [-0.25, -0.2) is 9.18 Å². The van der Waals surface area contributed by atoms with E-state index in [4.69, 9.17) is 9.47 Å². The number of pyridine rings is 1. The summed E-state index contributed by atoms with van der Waals surface area (Å²) in [5.74, 6) is 0.650. The third kappa shape index (κ3) is 5.66. The minimum absolute atomic E-state index is 0.0484. The highest BCUT2D eigenvalue weighted by Crippen LogP contribution is 2.28. The molecule has 36 heavy (non-hydrogen) atoms. The predicted octanol–water partition coefficient (Wildman–Crippen LogP) is 5.27. The fraction of sp³-hybridized carbons (Fsp3) is 0.214. The number of hydrogen-bond donors (Lipinski definition) is 2. The van der Waals surface area contributed by atoms with E-state index in [0.29, 0.717) is 23.5 Å². The molecule has 1 heterocycles. The molecule has 186 valence electrons. The maximum Gasteiger partial charge on any atom is 0.322 e. The number of hydrogen-bond acceptors (Lipinski definition) is 4. The number of carbonyl (C=O) groups is 1. The molecule has 0 saturated heterocycles. The third-order valence-corrected chi connectivity index (χ3v) is 5.96. The van der Waals surface area contributed by atoms with Gasteiger partial charge in [0, 0.05) is 17.6 Å². The number of carbonyl (C=O) groups excluding carboxylic acids is 1. The Morgan fingerprint density at radius 3 is 2.53 bits per heavy atom. The van der Waals surface area contributed by atoms with Crippen LogP contribution in [0.2, 0.25) is 0 Å². The van der Waals surface area contributed by atoms with Crippen LogP contribution >= 0.6 is 0 Å². The first-order valence-corrected chi connectivity index (χ1v) is 11.5. The molecule has 0 aliphatic heterocycles. The van der Waals surface area contributed by atoms with Crippen LogP contribution in [0.1, 0.15) is 16.7 Å². The molecule has 4 aromatic rings. The molecule has 0 spiro atoms. The lowest BCUT2D eigenvalue weighted by Gasteiger charge is -2.23. The van der Waals surface area contributed by atoms with Crippen LogP contribution < -0.4 is 20.3 Å². The van der Waals surface area contributed by atoms with Gasteiger partial charge in [-0.1, -0.05) is 29.8 Å². The van der Waals surface area contributed by atoms with Gasteiger partial charge >= 0.3 is 6.03 Å². The molecule has 8 heteroatoms. The first-order valence-electron chi connectivity index (χ1n) is 11.5. The van der Waals surface area contributed by atoms with Gasteiger partial charge in [0.1, 0.15) is 5.82 Å². The number of halogens is 1. The molecule has 1 aromatic heterocycles. The van der Waals surface area contributed by atoms with Crippen LogP contribution in [-0.4, -0.2) is 36.7 Å². The average molecular weight is 490 g/mol. The van der Waals surface area contributed by atoms with E-state index in [1.807, 2.05) is 37.3 Å². The van der Waals surface area contributed by atoms with E-state index >= 15 is 0 Å². The molecule has 2 N–H and O–H groups in total. The lowest BCUT2D eigenvalue weighted by Crippen LogP contribution is -2.37. The zero-order chi connectivity index (χ0) is 25.7. The average Bonchev–Trinajstić information content (AvgIpc) is 2.88. The van der Waals surface area contributed by atoms with Gasteiger partial charge in [0.25, 0.3) is 5.56 Å². The fourth-order valence-corrected chi connectivity index (χ4v) is 4.00. The molecule has 0 bridgehead atoms. The maximum atomic E-state index is 14.2. The summed E-state index contributed by atoms with van der Waals surface area (Å²) in [6, 6.07) is 18.5. The number of methoxy groups -OCH3 is 2. The standard InChI is InChI=1S/C28H28FN3O4/c1-18-8-10-23-20(14-18)16-21(27(33)30-23)17-32(28(34)31-24-7-5-4-6-22(24)29)13-12-19-9-11-25(35-2)26(15-19)36-3/h4-11,14-16H,12-13,17H2,1-3H3,(H,30,33)(H,31,34). The van der Waals surface area contributed by atoms with E-state index in [2.05, 4.69) is 10.3 Å². The number of urea groups is 1. The topological polar surface area (TPSA) is 83.7 Å². The number of H-pyrrole nitrogens is 1. The number of aromatic nitrogens is 1. The van der Waals surface area contributed by atoms with Crippen LogP contribution in [-0.2, 0) is 13.0 Å². The van der Waals surface area contributed by atoms with Gasteiger partial charge in [-0.3, -0.25) is 4.79 Å². The molecule has 0 aliphatic carbocycles. The van der Waals surface area contributed by atoms with Crippen molar-refractivity contribution in [2.45, 2.75) is 19.9 Å². The first kappa shape index (κ1) is 24.8. The summed E-state index contributed by atoms with van der Waals surface area (Å²) < 4.78 is 24.9. The van der Waals surface area contributed by atoms with E-state index in [-0.39, 0.29) is 24.3 Å². The number of para-hydroxylation sites is 1. The minimum Gasteiger partial charge on any atom is -0.493 e. The van der Waals surface area contributed by atoms with Gasteiger partial charge < -0.3 is 24.7 Å². The monoisotopic (exact) mass is 489 g/mol. The van der Waals surface area contributed by atoms with Crippen molar-refractivity contribution in [1.82, 2.24) is 9.88 Å². The number of amides is 2. The van der Waals surface area contributed by atoms with Crippen molar-refractivity contribution in [2.75, 3.05) is 26.1 Å². The number of fused-ring (bicyclic) bond motifs is 1. The van der Waals surface area contributed by atoms with Crippen molar-refractivity contribution in [3.63, 3.8) is 0 Å². The second-order valence-corrected chi connectivity index (χ2v) is 8.49. The van der Waals surface area contributed by atoms with E-state index in [1.165, 1.54) is 17.0 Å². The fourth-order valence-electron chi connectivity index (χ4n) is 4.00. The van der Waals surface area contributed by atoms with Crippen molar-refractivity contribution in [2.24, 2.45) is 0 Å². The highest BCUT2D eigenvalue weighted by atomic mass is 19.1. The van der Waals surface area contributed by atoms with Crippen LogP contribution in [0.5, 0.6) is 11.5 Å². The number of rotatable bonds is 8. The smallest absolute Gasteiger partial charge is 0.322 e. The van der Waals surface area contributed by atoms with Crippen LogP contribution in [0.4, 0.5) is 14.9 Å². The summed E-state index contributed by atoms with van der Waals surface area (Å²) >= 11 is 0. The Labute approximate surface area is 208 Å². The lowest BCUT2D eigenvalue weighted by molar-refractivity contribution is 0.209. The largest absolute Gasteiger partial charge is 0.493 e. The van der Waals surface area contributed by atoms with Crippen LogP contribution in [0.3, 0.4) is 0 Å². The summed E-state index contributed by atoms with van der Waals surface area (Å²) in [4.78, 5) is 30.4. The number of aryl methyl sites for hydroxylation is 1. The molecule has 0 radical (unpaired) electrons. The Kier molecular flexibility index (Phi) is 7.53. The Morgan fingerprint density at radius 1 is 1.00 bits per heavy atom. The molecule has 3 aromatic carbocycles. The normalized spacial score (nSPS) is 10.8. The quantitative estimate of drug-likeness (QED) is 0.353. The lowest BCUT2D eigenvalue weighted by atomic mass is 10.1. The minimum atomic E-state index is -0.537. The molecule has 0 saturated carbocycles.